The number of nitrogen functional groups attached to an aromatic ring is 1. The largest absolute Gasteiger partial charge is 0.396 e. The van der Waals surface area contributed by atoms with Gasteiger partial charge in [0.2, 0.25) is 10.0 Å². The van der Waals surface area contributed by atoms with E-state index in [4.69, 9.17) is 5.73 Å². The zero-order valence-corrected chi connectivity index (χ0v) is 13.5. The van der Waals surface area contributed by atoms with Crippen molar-refractivity contribution in [3.8, 4) is 0 Å². The first-order chi connectivity index (χ1) is 9.36. The Morgan fingerprint density at radius 2 is 1.90 bits per heavy atom. The number of nitrogens with zero attached hydrogens (tertiary/aromatic N) is 2. The molecule has 8 heteroatoms. The Morgan fingerprint density at radius 1 is 1.30 bits per heavy atom. The van der Waals surface area contributed by atoms with Gasteiger partial charge in [-0.15, -0.1) is 0 Å². The van der Waals surface area contributed by atoms with Gasteiger partial charge in [0.25, 0.3) is 0 Å². The van der Waals surface area contributed by atoms with E-state index in [0.717, 1.165) is 12.6 Å². The molecule has 0 radical (unpaired) electrons. The van der Waals surface area contributed by atoms with Crippen molar-refractivity contribution in [3.05, 3.63) is 22.4 Å². The molecule has 20 heavy (non-hydrogen) atoms. The van der Waals surface area contributed by atoms with Gasteiger partial charge in [0.15, 0.2) is 0 Å². The van der Waals surface area contributed by atoms with E-state index in [1.54, 1.807) is 0 Å². The minimum Gasteiger partial charge on any atom is -0.396 e. The minimum absolute atomic E-state index is 0.0151. The zero-order chi connectivity index (χ0) is 14.9. The van der Waals surface area contributed by atoms with Crippen molar-refractivity contribution in [2.24, 2.45) is 0 Å². The lowest BCUT2D eigenvalue weighted by molar-refractivity contribution is 0.196. The molecule has 2 N–H and O–H groups in total. The number of hydrogen-bond donors (Lipinski definition) is 1. The van der Waals surface area contributed by atoms with Crippen molar-refractivity contribution >= 4 is 31.6 Å². The van der Waals surface area contributed by atoms with Gasteiger partial charge in [-0.1, -0.05) is 6.92 Å². The zero-order valence-electron chi connectivity index (χ0n) is 11.1. The molecule has 0 aromatic heterocycles. The van der Waals surface area contributed by atoms with Crippen LogP contribution in [0.1, 0.15) is 6.92 Å². The quantitative estimate of drug-likeness (QED) is 0.824. The van der Waals surface area contributed by atoms with Gasteiger partial charge in [-0.2, -0.15) is 4.31 Å². The van der Waals surface area contributed by atoms with E-state index in [9.17, 15) is 12.8 Å². The Hall–Kier alpha value is -0.700. The summed E-state index contributed by atoms with van der Waals surface area (Å²) in [5.41, 5.74) is 5.30. The van der Waals surface area contributed by atoms with Crippen LogP contribution in [0, 0.1) is 5.82 Å². The molecule has 5 nitrogen and oxygen atoms in total. The number of halogens is 2. The second-order valence-electron chi connectivity index (χ2n) is 4.64. The highest BCUT2D eigenvalue weighted by Gasteiger charge is 2.30. The summed E-state index contributed by atoms with van der Waals surface area (Å²) in [6, 6.07) is 2.26. The summed E-state index contributed by atoms with van der Waals surface area (Å²) >= 11 is 3.10. The van der Waals surface area contributed by atoms with Crippen molar-refractivity contribution in [2.45, 2.75) is 11.8 Å². The predicted molar refractivity (Wildman–Crippen MR) is 79.4 cm³/mol. The Bertz CT molecular complexity index is 601. The molecule has 0 amide bonds. The molecule has 1 fully saturated rings. The third kappa shape index (κ3) is 2.98. The van der Waals surface area contributed by atoms with Gasteiger partial charge in [-0.3, -0.25) is 0 Å². The Balaban J connectivity index is 2.30. The van der Waals surface area contributed by atoms with Gasteiger partial charge in [-0.05, 0) is 34.6 Å². The van der Waals surface area contributed by atoms with Gasteiger partial charge in [0, 0.05) is 30.7 Å². The molecule has 1 aliphatic heterocycles. The van der Waals surface area contributed by atoms with Gasteiger partial charge in [-0.25, -0.2) is 12.8 Å². The highest BCUT2D eigenvalue weighted by Crippen LogP contribution is 2.29. The summed E-state index contributed by atoms with van der Waals surface area (Å²) < 4.78 is 40.1. The van der Waals surface area contributed by atoms with E-state index in [1.807, 2.05) is 6.92 Å². The summed E-state index contributed by atoms with van der Waals surface area (Å²) in [5, 5.41) is 0. The minimum atomic E-state index is -3.65. The number of hydrogen-bond acceptors (Lipinski definition) is 4. The lowest BCUT2D eigenvalue weighted by Gasteiger charge is -2.33. The highest BCUT2D eigenvalue weighted by atomic mass is 79.9. The maximum Gasteiger partial charge on any atom is 0.244 e. The molecule has 0 aliphatic carbocycles. The summed E-state index contributed by atoms with van der Waals surface area (Å²) in [6.45, 7) is 5.20. The molecule has 2 rings (SSSR count). The number of sulfonamides is 1. The van der Waals surface area contributed by atoms with E-state index in [2.05, 4.69) is 20.8 Å². The number of piperazine rings is 1. The van der Waals surface area contributed by atoms with Crippen LogP contribution in [0.15, 0.2) is 21.5 Å². The lowest BCUT2D eigenvalue weighted by Crippen LogP contribution is -2.48. The molecule has 0 saturated carbocycles. The van der Waals surface area contributed by atoms with Crippen molar-refractivity contribution in [3.63, 3.8) is 0 Å². The van der Waals surface area contributed by atoms with Crippen LogP contribution in [-0.2, 0) is 10.0 Å². The van der Waals surface area contributed by atoms with E-state index in [0.29, 0.717) is 26.2 Å². The van der Waals surface area contributed by atoms with Crippen molar-refractivity contribution in [2.75, 3.05) is 38.5 Å². The molecule has 112 valence electrons. The molecule has 1 aliphatic rings. The average molecular weight is 366 g/mol. The Labute approximate surface area is 126 Å². The van der Waals surface area contributed by atoms with Crippen LogP contribution in [0.2, 0.25) is 0 Å². The smallest absolute Gasteiger partial charge is 0.244 e. The Kier molecular flexibility index (Phi) is 4.68. The first-order valence-corrected chi connectivity index (χ1v) is 8.56. The second-order valence-corrected chi connectivity index (χ2v) is 7.40. The van der Waals surface area contributed by atoms with Crippen LogP contribution in [-0.4, -0.2) is 50.3 Å². The standard InChI is InChI=1S/C12H17BrFN3O2S/c1-2-16-3-5-17(6-4-16)20(18,19)12-8-11(15)10(14)7-9(12)13/h7-8H,2-6,15H2,1H3. The van der Waals surface area contributed by atoms with Gasteiger partial charge in [0.1, 0.15) is 5.82 Å². The van der Waals surface area contributed by atoms with Crippen LogP contribution in [0.4, 0.5) is 10.1 Å². The first kappa shape index (κ1) is 15.7. The van der Waals surface area contributed by atoms with Crippen LogP contribution in [0.3, 0.4) is 0 Å². The number of benzene rings is 1. The first-order valence-electron chi connectivity index (χ1n) is 6.33. The van der Waals surface area contributed by atoms with Crippen molar-refractivity contribution < 1.29 is 12.8 Å². The maximum absolute atomic E-state index is 13.3. The van der Waals surface area contributed by atoms with Crippen LogP contribution in [0.25, 0.3) is 0 Å². The van der Waals surface area contributed by atoms with E-state index in [1.165, 1.54) is 10.4 Å². The van der Waals surface area contributed by atoms with E-state index >= 15 is 0 Å². The number of nitrogens with two attached hydrogens (primary N) is 1. The topological polar surface area (TPSA) is 66.6 Å². The molecule has 0 unspecified atom stereocenters. The van der Waals surface area contributed by atoms with E-state index in [-0.39, 0.29) is 15.1 Å². The molecule has 1 saturated heterocycles. The summed E-state index contributed by atoms with van der Waals surface area (Å²) in [7, 11) is -3.65. The molecule has 1 heterocycles. The van der Waals surface area contributed by atoms with Gasteiger partial charge in [0.05, 0.1) is 10.6 Å². The highest BCUT2D eigenvalue weighted by molar-refractivity contribution is 9.10. The fourth-order valence-electron chi connectivity index (χ4n) is 2.17. The van der Waals surface area contributed by atoms with Crippen LogP contribution in [0.5, 0.6) is 0 Å². The summed E-state index contributed by atoms with van der Waals surface area (Å²) in [6.07, 6.45) is 0. The lowest BCUT2D eigenvalue weighted by atomic mass is 10.3. The third-order valence-corrected chi connectivity index (χ3v) is 6.30. The van der Waals surface area contributed by atoms with Gasteiger partial charge >= 0.3 is 0 Å². The fraction of sp³-hybridized carbons (Fsp3) is 0.500. The van der Waals surface area contributed by atoms with Crippen molar-refractivity contribution in [1.82, 2.24) is 9.21 Å². The predicted octanol–water partition coefficient (Wildman–Crippen LogP) is 1.50. The number of rotatable bonds is 3. The molecular formula is C12H17BrFN3O2S. The molecular weight excluding hydrogens is 349 g/mol. The van der Waals surface area contributed by atoms with Gasteiger partial charge < -0.3 is 10.6 Å². The summed E-state index contributed by atoms with van der Waals surface area (Å²) in [4.78, 5) is 2.20. The SMILES string of the molecule is CCN1CCN(S(=O)(=O)c2cc(N)c(F)cc2Br)CC1. The summed E-state index contributed by atoms with van der Waals surface area (Å²) in [5.74, 6) is -0.633. The number of likely N-dealkylation sites (N-methyl/N-ethyl adjacent to an activating group) is 1. The molecule has 0 atom stereocenters. The molecule has 0 spiro atoms. The fourth-order valence-corrected chi connectivity index (χ4v) is 4.60. The van der Waals surface area contributed by atoms with Crippen molar-refractivity contribution in [1.29, 1.82) is 0 Å². The van der Waals surface area contributed by atoms with Crippen LogP contribution >= 0.6 is 15.9 Å². The molecule has 1 aromatic carbocycles. The normalized spacial score (nSPS) is 18.4. The second kappa shape index (κ2) is 5.97. The number of anilines is 1. The average Bonchev–Trinajstić information content (AvgIpc) is 2.42. The monoisotopic (exact) mass is 365 g/mol. The van der Waals surface area contributed by atoms with Crippen LogP contribution < -0.4 is 5.73 Å². The maximum atomic E-state index is 13.3. The molecule has 0 bridgehead atoms. The molecule has 1 aromatic rings. The van der Waals surface area contributed by atoms with E-state index < -0.39 is 15.8 Å². The third-order valence-electron chi connectivity index (χ3n) is 3.45. The Morgan fingerprint density at radius 3 is 2.45 bits per heavy atom.